The zero-order chi connectivity index (χ0) is 14.9. The van der Waals surface area contributed by atoms with Crippen LogP contribution in [-0.4, -0.2) is 12.8 Å². The molecule has 0 fully saturated rings. The Morgan fingerprint density at radius 3 is 2.70 bits per heavy atom. The van der Waals surface area contributed by atoms with Crippen molar-refractivity contribution in [2.45, 2.75) is 17.7 Å². The van der Waals surface area contributed by atoms with E-state index in [-0.39, 0.29) is 21.4 Å². The van der Waals surface area contributed by atoms with Crippen molar-refractivity contribution in [1.29, 1.82) is 5.26 Å². The molecule has 2 rings (SSSR count). The van der Waals surface area contributed by atoms with Crippen molar-refractivity contribution in [3.63, 3.8) is 0 Å². The highest BCUT2D eigenvalue weighted by Gasteiger charge is 2.25. The van der Waals surface area contributed by atoms with Crippen LogP contribution in [0, 0.1) is 18.3 Å². The minimum Gasteiger partial charge on any atom is -0.222 e. The van der Waals surface area contributed by atoms with E-state index in [1.807, 2.05) is 6.07 Å². The van der Waals surface area contributed by atoms with E-state index in [0.29, 0.717) is 15.5 Å². The Hall–Kier alpha value is -1.13. The van der Waals surface area contributed by atoms with Crippen molar-refractivity contribution < 1.29 is 8.42 Å². The molecule has 1 aromatic heterocycles. The number of sulfone groups is 1. The minimum absolute atomic E-state index is 0.0973. The molecule has 8 heteroatoms. The molecule has 0 bridgehead atoms. The summed E-state index contributed by atoms with van der Waals surface area (Å²) in [4.78, 5) is 0.577. The first-order valence-electron chi connectivity index (χ1n) is 5.38. The molecule has 0 amide bonds. The fourth-order valence-electron chi connectivity index (χ4n) is 1.60. The third-order valence-corrected chi connectivity index (χ3v) is 5.63. The summed E-state index contributed by atoms with van der Waals surface area (Å²) in [7, 11) is -3.72. The van der Waals surface area contributed by atoms with Crippen LogP contribution < -0.4 is 0 Å². The van der Waals surface area contributed by atoms with Gasteiger partial charge in [-0.3, -0.25) is 0 Å². The fraction of sp³-hybridized carbons (Fsp3) is 0.167. The van der Waals surface area contributed by atoms with Gasteiger partial charge < -0.3 is 0 Å². The third-order valence-electron chi connectivity index (χ3n) is 2.60. The van der Waals surface area contributed by atoms with Gasteiger partial charge in [-0.1, -0.05) is 29.3 Å². The Morgan fingerprint density at radius 2 is 2.10 bits per heavy atom. The van der Waals surface area contributed by atoms with Gasteiger partial charge in [-0.05, 0) is 36.2 Å². The molecule has 0 aliphatic carbocycles. The number of aryl methyl sites for hydroxylation is 1. The minimum atomic E-state index is -3.72. The summed E-state index contributed by atoms with van der Waals surface area (Å²) >= 11 is 12.7. The molecule has 0 atom stereocenters. The van der Waals surface area contributed by atoms with E-state index in [4.69, 9.17) is 28.5 Å². The van der Waals surface area contributed by atoms with E-state index in [0.717, 1.165) is 11.5 Å². The van der Waals surface area contributed by atoms with Crippen LogP contribution in [0.3, 0.4) is 0 Å². The molecule has 0 spiro atoms. The molecule has 4 nitrogen and oxygen atoms in total. The molecule has 0 saturated carbocycles. The highest BCUT2D eigenvalue weighted by atomic mass is 35.5. The van der Waals surface area contributed by atoms with Gasteiger partial charge >= 0.3 is 0 Å². The highest BCUT2D eigenvalue weighted by molar-refractivity contribution is 7.90. The van der Waals surface area contributed by atoms with E-state index in [2.05, 4.69) is 4.37 Å². The largest absolute Gasteiger partial charge is 0.222 e. The molecule has 104 valence electrons. The van der Waals surface area contributed by atoms with E-state index in [1.165, 1.54) is 6.07 Å². The van der Waals surface area contributed by atoms with Crippen LogP contribution in [0.15, 0.2) is 23.2 Å². The van der Waals surface area contributed by atoms with Crippen LogP contribution >= 0.6 is 34.7 Å². The van der Waals surface area contributed by atoms with Crippen molar-refractivity contribution in [2.24, 2.45) is 0 Å². The third kappa shape index (κ3) is 2.96. The molecule has 0 saturated heterocycles. The number of aromatic nitrogens is 1. The summed E-state index contributed by atoms with van der Waals surface area (Å²) in [6.07, 6.45) is 0. The summed E-state index contributed by atoms with van der Waals surface area (Å²) in [5, 5.41) is 9.53. The normalized spacial score (nSPS) is 11.3. The van der Waals surface area contributed by atoms with Crippen LogP contribution in [0.1, 0.15) is 16.0 Å². The Kier molecular flexibility index (Phi) is 4.35. The lowest BCUT2D eigenvalue weighted by molar-refractivity contribution is 0.592. The molecule has 1 aromatic carbocycles. The first-order chi connectivity index (χ1) is 9.35. The Labute approximate surface area is 130 Å². The van der Waals surface area contributed by atoms with Crippen molar-refractivity contribution >= 4 is 44.6 Å². The first-order valence-corrected chi connectivity index (χ1v) is 8.56. The lowest BCUT2D eigenvalue weighted by Crippen LogP contribution is -2.07. The van der Waals surface area contributed by atoms with Gasteiger partial charge in [0.05, 0.1) is 5.75 Å². The van der Waals surface area contributed by atoms with Crippen LogP contribution in [0.2, 0.25) is 10.0 Å². The maximum absolute atomic E-state index is 12.3. The zero-order valence-corrected chi connectivity index (χ0v) is 13.4. The van der Waals surface area contributed by atoms with Crippen molar-refractivity contribution in [1.82, 2.24) is 4.37 Å². The second kappa shape index (κ2) is 5.70. The van der Waals surface area contributed by atoms with Crippen molar-refractivity contribution in [3.8, 4) is 6.07 Å². The molecule has 20 heavy (non-hydrogen) atoms. The van der Waals surface area contributed by atoms with Gasteiger partial charge in [0.15, 0.2) is 5.03 Å². The molecule has 2 aromatic rings. The SMILES string of the molecule is Cc1snc(S(=O)(=O)Cc2ccc(Cl)cc2Cl)c1C#N. The van der Waals surface area contributed by atoms with Gasteiger partial charge in [0.25, 0.3) is 0 Å². The monoisotopic (exact) mass is 346 g/mol. The number of nitriles is 1. The molecule has 0 radical (unpaired) electrons. The number of rotatable bonds is 3. The van der Waals surface area contributed by atoms with Gasteiger partial charge in [-0.25, -0.2) is 8.42 Å². The van der Waals surface area contributed by atoms with Gasteiger partial charge in [0.2, 0.25) is 9.84 Å². The van der Waals surface area contributed by atoms with Crippen LogP contribution in [-0.2, 0) is 15.6 Å². The Bertz CT molecular complexity index is 807. The van der Waals surface area contributed by atoms with E-state index < -0.39 is 9.84 Å². The number of nitrogens with zero attached hydrogens (tertiary/aromatic N) is 2. The summed E-state index contributed by atoms with van der Waals surface area (Å²) in [6.45, 7) is 1.66. The number of hydrogen-bond acceptors (Lipinski definition) is 5. The molecule has 1 heterocycles. The topological polar surface area (TPSA) is 70.8 Å². The Balaban J connectivity index is 2.44. The molecular formula is C12H8Cl2N2O2S2. The van der Waals surface area contributed by atoms with Crippen LogP contribution in [0.25, 0.3) is 0 Å². The average Bonchev–Trinajstić information content (AvgIpc) is 2.74. The molecule has 0 N–H and O–H groups in total. The van der Waals surface area contributed by atoms with Crippen molar-refractivity contribution in [3.05, 3.63) is 44.2 Å². The number of hydrogen-bond donors (Lipinski definition) is 0. The maximum Gasteiger partial charge on any atom is 0.202 e. The number of halogens is 2. The van der Waals surface area contributed by atoms with E-state index in [1.54, 1.807) is 19.1 Å². The maximum atomic E-state index is 12.3. The molecular weight excluding hydrogens is 339 g/mol. The smallest absolute Gasteiger partial charge is 0.202 e. The lowest BCUT2D eigenvalue weighted by Gasteiger charge is -2.05. The lowest BCUT2D eigenvalue weighted by atomic mass is 10.2. The quantitative estimate of drug-likeness (QED) is 0.850. The van der Waals surface area contributed by atoms with Crippen molar-refractivity contribution in [2.75, 3.05) is 0 Å². The Morgan fingerprint density at radius 1 is 1.40 bits per heavy atom. The van der Waals surface area contributed by atoms with Gasteiger partial charge in [0.1, 0.15) is 11.6 Å². The number of benzene rings is 1. The molecule has 0 unspecified atom stereocenters. The first kappa shape index (κ1) is 15.3. The highest BCUT2D eigenvalue weighted by Crippen LogP contribution is 2.28. The van der Waals surface area contributed by atoms with E-state index >= 15 is 0 Å². The predicted octanol–water partition coefficient (Wildman–Crippen LogP) is 3.60. The van der Waals surface area contributed by atoms with Crippen LogP contribution in [0.4, 0.5) is 0 Å². The predicted molar refractivity (Wildman–Crippen MR) is 78.9 cm³/mol. The second-order valence-electron chi connectivity index (χ2n) is 4.03. The zero-order valence-electron chi connectivity index (χ0n) is 10.2. The standard InChI is InChI=1S/C12H8Cl2N2O2S2/c1-7-10(5-15)12(16-19-7)20(17,18)6-8-2-3-9(13)4-11(8)14/h2-4H,6H2,1H3. The fourth-order valence-corrected chi connectivity index (χ4v) is 4.64. The molecule has 0 aliphatic rings. The average molecular weight is 347 g/mol. The summed E-state index contributed by atoms with van der Waals surface area (Å²) in [5.41, 5.74) is 0.519. The summed E-state index contributed by atoms with van der Waals surface area (Å²) in [6, 6.07) is 6.47. The molecule has 0 aliphatic heterocycles. The summed E-state index contributed by atoms with van der Waals surface area (Å²) in [5.74, 6) is -0.319. The second-order valence-corrected chi connectivity index (χ2v) is 7.75. The van der Waals surface area contributed by atoms with Gasteiger partial charge in [-0.2, -0.15) is 9.64 Å². The van der Waals surface area contributed by atoms with Gasteiger partial charge in [-0.15, -0.1) is 0 Å². The van der Waals surface area contributed by atoms with Gasteiger partial charge in [0, 0.05) is 14.9 Å². The van der Waals surface area contributed by atoms with E-state index in [9.17, 15) is 8.42 Å². The summed E-state index contributed by atoms with van der Waals surface area (Å²) < 4.78 is 28.5. The van der Waals surface area contributed by atoms with Crippen LogP contribution in [0.5, 0.6) is 0 Å².